The van der Waals surface area contributed by atoms with E-state index in [9.17, 15) is 8.42 Å². The van der Waals surface area contributed by atoms with Crippen LogP contribution in [0.25, 0.3) is 0 Å². The zero-order valence-corrected chi connectivity index (χ0v) is 13.8. The molecule has 0 aliphatic rings. The molecule has 1 N–H and O–H groups in total. The first-order valence-corrected chi connectivity index (χ1v) is 8.80. The van der Waals surface area contributed by atoms with Gasteiger partial charge in [-0.3, -0.25) is 0 Å². The molecule has 1 aromatic heterocycles. The van der Waals surface area contributed by atoms with Crippen molar-refractivity contribution in [3.63, 3.8) is 0 Å². The average Bonchev–Trinajstić information content (AvgIpc) is 2.82. The van der Waals surface area contributed by atoms with Crippen molar-refractivity contribution in [2.24, 2.45) is 0 Å². The van der Waals surface area contributed by atoms with Gasteiger partial charge in [0.1, 0.15) is 4.21 Å². The lowest BCUT2D eigenvalue weighted by Gasteiger charge is -2.26. The topological polar surface area (TPSA) is 46.2 Å². The van der Waals surface area contributed by atoms with E-state index < -0.39 is 15.6 Å². The van der Waals surface area contributed by atoms with Crippen molar-refractivity contribution in [1.29, 1.82) is 0 Å². The highest BCUT2D eigenvalue weighted by Crippen LogP contribution is 2.25. The van der Waals surface area contributed by atoms with Crippen LogP contribution in [0.3, 0.4) is 0 Å². The minimum Gasteiger partial charge on any atom is -0.206 e. The Morgan fingerprint density at radius 2 is 1.79 bits per heavy atom. The number of benzene rings is 1. The highest BCUT2D eigenvalue weighted by Gasteiger charge is 2.28. The van der Waals surface area contributed by atoms with Crippen LogP contribution in [0.4, 0.5) is 0 Å². The molecule has 0 aliphatic heterocycles. The summed E-state index contributed by atoms with van der Waals surface area (Å²) in [6, 6.07) is 10.9. The first kappa shape index (κ1) is 14.7. The van der Waals surface area contributed by atoms with Crippen LogP contribution in [-0.4, -0.2) is 8.42 Å². The van der Waals surface area contributed by atoms with Crippen LogP contribution in [0.15, 0.2) is 50.5 Å². The second-order valence-corrected chi connectivity index (χ2v) is 8.44. The Bertz CT molecular complexity index is 646. The Balaban J connectivity index is 2.29. The number of hydrogen-bond donors (Lipinski definition) is 1. The number of sulfonamides is 1. The highest BCUT2D eigenvalue weighted by molar-refractivity contribution is 9.10. The smallest absolute Gasteiger partial charge is 0.206 e. The summed E-state index contributed by atoms with van der Waals surface area (Å²) in [4.78, 5) is 0. The summed E-state index contributed by atoms with van der Waals surface area (Å²) < 4.78 is 28.5. The standard InChI is InChI=1S/C13H14BrNO2S2/c1-13(2,10-5-7-11(14)8-6-10)15-19(16,17)12-4-3-9-18-12/h3-9,15H,1-2H3. The number of hydrogen-bond acceptors (Lipinski definition) is 3. The molecule has 1 aromatic carbocycles. The SMILES string of the molecule is CC(C)(NS(=O)(=O)c1cccs1)c1ccc(Br)cc1. The molecule has 3 nitrogen and oxygen atoms in total. The van der Waals surface area contributed by atoms with Gasteiger partial charge in [0.15, 0.2) is 0 Å². The zero-order valence-electron chi connectivity index (χ0n) is 10.6. The van der Waals surface area contributed by atoms with Gasteiger partial charge >= 0.3 is 0 Å². The van der Waals surface area contributed by atoms with Gasteiger partial charge in [-0.15, -0.1) is 11.3 Å². The van der Waals surface area contributed by atoms with Gasteiger partial charge in [-0.2, -0.15) is 0 Å². The number of rotatable bonds is 4. The molecule has 6 heteroatoms. The lowest BCUT2D eigenvalue weighted by molar-refractivity contribution is 0.473. The van der Waals surface area contributed by atoms with E-state index in [4.69, 9.17) is 0 Å². The summed E-state index contributed by atoms with van der Waals surface area (Å²) in [5.41, 5.74) is 0.250. The van der Waals surface area contributed by atoms with Gasteiger partial charge in [0.25, 0.3) is 10.0 Å². The van der Waals surface area contributed by atoms with E-state index in [-0.39, 0.29) is 0 Å². The van der Waals surface area contributed by atoms with Crippen molar-refractivity contribution < 1.29 is 8.42 Å². The van der Waals surface area contributed by atoms with Crippen LogP contribution < -0.4 is 4.72 Å². The molecule has 1 heterocycles. The molecule has 0 saturated heterocycles. The fourth-order valence-corrected chi connectivity index (χ4v) is 4.39. The van der Waals surface area contributed by atoms with Crippen molar-refractivity contribution in [2.75, 3.05) is 0 Å². The van der Waals surface area contributed by atoms with Crippen molar-refractivity contribution in [3.8, 4) is 0 Å². The van der Waals surface area contributed by atoms with Gasteiger partial charge in [0, 0.05) is 4.47 Å². The fraction of sp³-hybridized carbons (Fsp3) is 0.231. The van der Waals surface area contributed by atoms with Crippen LogP contribution in [0.2, 0.25) is 0 Å². The van der Waals surface area contributed by atoms with Crippen LogP contribution in [0, 0.1) is 0 Å². The molecular formula is C13H14BrNO2S2. The molecule has 0 saturated carbocycles. The number of nitrogens with one attached hydrogen (secondary N) is 1. The lowest BCUT2D eigenvalue weighted by atomic mass is 9.96. The second-order valence-electron chi connectivity index (χ2n) is 4.67. The molecule has 19 heavy (non-hydrogen) atoms. The van der Waals surface area contributed by atoms with Crippen LogP contribution in [0.1, 0.15) is 19.4 Å². The molecule has 0 aliphatic carbocycles. The largest absolute Gasteiger partial charge is 0.250 e. The molecular weight excluding hydrogens is 346 g/mol. The second kappa shape index (κ2) is 5.36. The maximum atomic E-state index is 12.2. The van der Waals surface area contributed by atoms with Gasteiger partial charge in [0.05, 0.1) is 5.54 Å². The summed E-state index contributed by atoms with van der Waals surface area (Å²) in [6.45, 7) is 3.70. The molecule has 0 amide bonds. The molecule has 0 fully saturated rings. The van der Waals surface area contributed by atoms with E-state index in [1.807, 2.05) is 38.1 Å². The maximum absolute atomic E-state index is 12.2. The molecule has 0 bridgehead atoms. The van der Waals surface area contributed by atoms with Gasteiger partial charge in [-0.25, -0.2) is 13.1 Å². The Morgan fingerprint density at radius 3 is 2.32 bits per heavy atom. The van der Waals surface area contributed by atoms with Crippen molar-refractivity contribution in [1.82, 2.24) is 4.72 Å². The van der Waals surface area contributed by atoms with E-state index in [1.165, 1.54) is 11.3 Å². The summed E-state index contributed by atoms with van der Waals surface area (Å²) in [5, 5.41) is 1.75. The molecule has 2 aromatic rings. The van der Waals surface area contributed by atoms with Gasteiger partial charge < -0.3 is 0 Å². The van der Waals surface area contributed by atoms with E-state index in [1.54, 1.807) is 17.5 Å². The maximum Gasteiger partial charge on any atom is 0.250 e. The molecule has 0 atom stereocenters. The summed E-state index contributed by atoms with van der Waals surface area (Å²) in [5.74, 6) is 0. The minimum atomic E-state index is -3.48. The molecule has 102 valence electrons. The van der Waals surface area contributed by atoms with E-state index in [0.29, 0.717) is 4.21 Å². The van der Waals surface area contributed by atoms with Crippen molar-refractivity contribution >= 4 is 37.3 Å². The van der Waals surface area contributed by atoms with Gasteiger partial charge in [-0.1, -0.05) is 34.1 Å². The predicted octanol–water partition coefficient (Wildman–Crippen LogP) is 3.72. The van der Waals surface area contributed by atoms with Crippen LogP contribution in [0.5, 0.6) is 0 Å². The summed E-state index contributed by atoms with van der Waals surface area (Å²) >= 11 is 4.58. The van der Waals surface area contributed by atoms with Crippen molar-refractivity contribution in [2.45, 2.75) is 23.6 Å². The predicted molar refractivity (Wildman–Crippen MR) is 81.8 cm³/mol. The minimum absolute atomic E-state index is 0.331. The first-order chi connectivity index (χ1) is 8.81. The normalized spacial score (nSPS) is 12.6. The highest BCUT2D eigenvalue weighted by atomic mass is 79.9. The average molecular weight is 360 g/mol. The van der Waals surface area contributed by atoms with E-state index in [0.717, 1.165) is 10.0 Å². The molecule has 0 unspecified atom stereocenters. The van der Waals surface area contributed by atoms with Crippen LogP contribution in [-0.2, 0) is 15.6 Å². The molecule has 0 radical (unpaired) electrons. The number of halogens is 1. The van der Waals surface area contributed by atoms with E-state index >= 15 is 0 Å². The number of thiophene rings is 1. The summed E-state index contributed by atoms with van der Waals surface area (Å²) in [6.07, 6.45) is 0. The Hall–Kier alpha value is -0.690. The van der Waals surface area contributed by atoms with Crippen molar-refractivity contribution in [3.05, 3.63) is 51.8 Å². The zero-order chi connectivity index (χ0) is 14.1. The fourth-order valence-electron chi connectivity index (χ4n) is 1.73. The summed E-state index contributed by atoms with van der Waals surface area (Å²) in [7, 11) is -3.48. The Kier molecular flexibility index (Phi) is 4.15. The lowest BCUT2D eigenvalue weighted by Crippen LogP contribution is -2.40. The quantitative estimate of drug-likeness (QED) is 0.903. The van der Waals surface area contributed by atoms with Crippen LogP contribution >= 0.6 is 27.3 Å². The van der Waals surface area contributed by atoms with Gasteiger partial charge in [-0.05, 0) is 43.0 Å². The van der Waals surface area contributed by atoms with E-state index in [2.05, 4.69) is 20.7 Å². The third-order valence-corrected chi connectivity index (χ3v) is 6.30. The molecule has 2 rings (SSSR count). The Labute approximate surface area is 125 Å². The molecule has 0 spiro atoms. The third-order valence-electron chi connectivity index (χ3n) is 2.72. The Morgan fingerprint density at radius 1 is 1.16 bits per heavy atom. The third kappa shape index (κ3) is 3.45. The first-order valence-electron chi connectivity index (χ1n) is 5.65. The van der Waals surface area contributed by atoms with Gasteiger partial charge in [0.2, 0.25) is 0 Å². The monoisotopic (exact) mass is 359 g/mol.